The van der Waals surface area contributed by atoms with Gasteiger partial charge >= 0.3 is 0 Å². The second-order valence-corrected chi connectivity index (χ2v) is 7.92. The van der Waals surface area contributed by atoms with Gasteiger partial charge in [0.15, 0.2) is 0 Å². The third-order valence-corrected chi connectivity index (χ3v) is 6.38. The molecule has 2 bridgehead atoms. The van der Waals surface area contributed by atoms with Gasteiger partial charge in [-0.15, -0.1) is 0 Å². The summed E-state index contributed by atoms with van der Waals surface area (Å²) >= 11 is 3.38. The van der Waals surface area contributed by atoms with Crippen molar-refractivity contribution in [1.29, 1.82) is 0 Å². The summed E-state index contributed by atoms with van der Waals surface area (Å²) < 4.78 is 0.899. The highest BCUT2D eigenvalue weighted by Crippen LogP contribution is 2.63. The number of hydrogen-bond donors (Lipinski definition) is 1. The highest BCUT2D eigenvalue weighted by Gasteiger charge is 2.59. The maximum atomic E-state index is 12.2. The first kappa shape index (κ1) is 14.8. The lowest BCUT2D eigenvalue weighted by Crippen LogP contribution is -2.34. The molecule has 3 nitrogen and oxygen atoms in total. The van der Waals surface area contributed by atoms with Crippen LogP contribution < -0.4 is 5.43 Å². The van der Waals surface area contributed by atoms with Crippen molar-refractivity contribution in [3.05, 3.63) is 34.3 Å². The number of nitrogens with one attached hydrogen (secondary N) is 1. The van der Waals surface area contributed by atoms with Crippen LogP contribution in [0.15, 0.2) is 33.8 Å². The van der Waals surface area contributed by atoms with Crippen LogP contribution >= 0.6 is 15.9 Å². The van der Waals surface area contributed by atoms with Gasteiger partial charge in [0.1, 0.15) is 0 Å². The Bertz CT molecular complexity index is 623. The molecule has 1 amide bonds. The Balaban J connectivity index is 1.77. The number of rotatable bonds is 2. The maximum Gasteiger partial charge on any atom is 0.271 e. The Morgan fingerprint density at radius 1 is 1.38 bits per heavy atom. The van der Waals surface area contributed by atoms with Crippen LogP contribution in [0.5, 0.6) is 0 Å². The Labute approximate surface area is 134 Å². The summed E-state index contributed by atoms with van der Waals surface area (Å²) in [5.74, 6) is 0.553. The van der Waals surface area contributed by atoms with E-state index in [1.165, 1.54) is 12.8 Å². The van der Waals surface area contributed by atoms with Gasteiger partial charge in [-0.3, -0.25) is 4.79 Å². The molecule has 0 aromatic heterocycles. The zero-order valence-corrected chi connectivity index (χ0v) is 14.3. The van der Waals surface area contributed by atoms with Gasteiger partial charge in [0, 0.05) is 21.2 Å². The van der Waals surface area contributed by atoms with Gasteiger partial charge in [-0.1, -0.05) is 42.8 Å². The number of amides is 1. The minimum atomic E-state index is -0.145. The highest BCUT2D eigenvalue weighted by atomic mass is 79.9. The lowest BCUT2D eigenvalue weighted by Gasteiger charge is -2.34. The summed E-state index contributed by atoms with van der Waals surface area (Å²) in [7, 11) is 0. The minimum Gasteiger partial charge on any atom is -0.267 e. The molecule has 2 aliphatic carbocycles. The van der Waals surface area contributed by atoms with Crippen molar-refractivity contribution in [1.82, 2.24) is 5.43 Å². The van der Waals surface area contributed by atoms with Crippen LogP contribution in [0.2, 0.25) is 0 Å². The van der Waals surface area contributed by atoms with E-state index >= 15 is 0 Å². The molecular weight excluding hydrogens is 328 g/mol. The van der Waals surface area contributed by atoms with Crippen LogP contribution in [0.3, 0.4) is 0 Å². The molecule has 2 atom stereocenters. The summed E-state index contributed by atoms with van der Waals surface area (Å²) in [4.78, 5) is 12.2. The molecule has 2 fully saturated rings. The molecular formula is C17H21BrN2O. The van der Waals surface area contributed by atoms with Crippen molar-refractivity contribution in [2.24, 2.45) is 21.8 Å². The van der Waals surface area contributed by atoms with Gasteiger partial charge in [-0.25, -0.2) is 5.43 Å². The van der Waals surface area contributed by atoms with Crippen molar-refractivity contribution in [3.63, 3.8) is 0 Å². The van der Waals surface area contributed by atoms with Crippen LogP contribution in [0.4, 0.5) is 0 Å². The van der Waals surface area contributed by atoms with Crippen LogP contribution in [-0.4, -0.2) is 11.6 Å². The predicted molar refractivity (Wildman–Crippen MR) is 88.3 cm³/mol. The first-order valence-corrected chi connectivity index (χ1v) is 8.27. The fraction of sp³-hybridized carbons (Fsp3) is 0.529. The molecule has 2 aliphatic rings. The number of hydrogen-bond acceptors (Lipinski definition) is 2. The SMILES string of the molecule is CC1(C)[C@H]2CC[C@@]1(C)/C(=N\NC(=O)c1cccc(Br)c1)C2. The van der Waals surface area contributed by atoms with Crippen LogP contribution in [0.25, 0.3) is 0 Å². The molecule has 3 rings (SSSR count). The maximum absolute atomic E-state index is 12.2. The van der Waals surface area contributed by atoms with Gasteiger partial charge in [0.2, 0.25) is 0 Å². The number of carbonyl (C=O) groups excluding carboxylic acids is 1. The summed E-state index contributed by atoms with van der Waals surface area (Å²) in [6, 6.07) is 7.37. The lowest BCUT2D eigenvalue weighted by atomic mass is 9.70. The van der Waals surface area contributed by atoms with E-state index in [9.17, 15) is 4.79 Å². The summed E-state index contributed by atoms with van der Waals surface area (Å²) in [6.45, 7) is 6.97. The van der Waals surface area contributed by atoms with Crippen molar-refractivity contribution < 1.29 is 4.79 Å². The average molecular weight is 349 g/mol. The van der Waals surface area contributed by atoms with Crippen molar-refractivity contribution >= 4 is 27.5 Å². The molecule has 112 valence electrons. The van der Waals surface area contributed by atoms with Gasteiger partial charge in [-0.05, 0) is 48.8 Å². The van der Waals surface area contributed by atoms with Crippen LogP contribution in [0, 0.1) is 16.7 Å². The summed E-state index contributed by atoms with van der Waals surface area (Å²) in [5.41, 5.74) is 4.94. The Morgan fingerprint density at radius 2 is 2.14 bits per heavy atom. The summed E-state index contributed by atoms with van der Waals surface area (Å²) in [5, 5.41) is 4.48. The average Bonchev–Trinajstić information content (AvgIpc) is 2.77. The largest absolute Gasteiger partial charge is 0.271 e. The van der Waals surface area contributed by atoms with Crippen LogP contribution in [0.1, 0.15) is 50.4 Å². The number of nitrogens with zero attached hydrogens (tertiary/aromatic N) is 1. The first-order chi connectivity index (χ1) is 9.84. The molecule has 1 aromatic carbocycles. The van der Waals surface area contributed by atoms with Crippen molar-refractivity contribution in [2.75, 3.05) is 0 Å². The second kappa shape index (κ2) is 4.94. The molecule has 0 aliphatic heterocycles. The zero-order valence-electron chi connectivity index (χ0n) is 12.7. The van der Waals surface area contributed by atoms with Gasteiger partial charge in [0.05, 0.1) is 0 Å². The number of carbonyl (C=O) groups is 1. The molecule has 0 saturated heterocycles. The lowest BCUT2D eigenvalue weighted by molar-refractivity contribution is 0.0954. The van der Waals surface area contributed by atoms with E-state index in [2.05, 4.69) is 47.2 Å². The third kappa shape index (κ3) is 2.24. The van der Waals surface area contributed by atoms with E-state index in [4.69, 9.17) is 0 Å². The quantitative estimate of drug-likeness (QED) is 0.791. The van der Waals surface area contributed by atoms with E-state index in [1.807, 2.05) is 18.2 Å². The Kier molecular flexibility index (Phi) is 3.47. The molecule has 0 spiro atoms. The fourth-order valence-electron chi connectivity index (χ4n) is 3.91. The van der Waals surface area contributed by atoms with Gasteiger partial charge < -0.3 is 0 Å². The number of benzene rings is 1. The topological polar surface area (TPSA) is 41.5 Å². The van der Waals surface area contributed by atoms with E-state index in [-0.39, 0.29) is 16.7 Å². The molecule has 0 heterocycles. The molecule has 0 radical (unpaired) electrons. The van der Waals surface area contributed by atoms with E-state index in [0.717, 1.165) is 16.6 Å². The van der Waals surface area contributed by atoms with Crippen LogP contribution in [-0.2, 0) is 0 Å². The normalized spacial score (nSPS) is 31.6. The molecule has 2 saturated carbocycles. The third-order valence-electron chi connectivity index (χ3n) is 5.89. The zero-order chi connectivity index (χ0) is 15.3. The molecule has 1 N–H and O–H groups in total. The Hall–Kier alpha value is -1.16. The number of hydrazone groups is 1. The molecule has 0 unspecified atom stereocenters. The molecule has 4 heteroatoms. The molecule has 1 aromatic rings. The van der Waals surface area contributed by atoms with E-state index in [0.29, 0.717) is 11.5 Å². The standard InChI is InChI=1S/C17H21BrN2O/c1-16(2)12-7-8-17(16,3)14(10-12)19-20-15(21)11-5-4-6-13(18)9-11/h4-6,9,12H,7-8,10H2,1-3H3,(H,20,21)/b19-14-/t12-,17-/m0/s1. The summed E-state index contributed by atoms with van der Waals surface area (Å²) in [6.07, 6.45) is 3.47. The number of fused-ring (bicyclic) bond motifs is 2. The smallest absolute Gasteiger partial charge is 0.267 e. The van der Waals surface area contributed by atoms with E-state index < -0.39 is 0 Å². The van der Waals surface area contributed by atoms with Crippen molar-refractivity contribution in [3.8, 4) is 0 Å². The number of halogens is 1. The fourth-order valence-corrected chi connectivity index (χ4v) is 4.31. The Morgan fingerprint density at radius 3 is 2.71 bits per heavy atom. The van der Waals surface area contributed by atoms with Crippen molar-refractivity contribution in [2.45, 2.75) is 40.0 Å². The van der Waals surface area contributed by atoms with E-state index in [1.54, 1.807) is 6.07 Å². The molecule has 21 heavy (non-hydrogen) atoms. The van der Waals surface area contributed by atoms with Gasteiger partial charge in [0.25, 0.3) is 5.91 Å². The first-order valence-electron chi connectivity index (χ1n) is 7.47. The highest BCUT2D eigenvalue weighted by molar-refractivity contribution is 9.10. The second-order valence-electron chi connectivity index (χ2n) is 7.00. The minimum absolute atomic E-state index is 0.127. The van der Waals surface area contributed by atoms with Gasteiger partial charge in [-0.2, -0.15) is 5.10 Å². The monoisotopic (exact) mass is 348 g/mol. The predicted octanol–water partition coefficient (Wildman–Crippen LogP) is 4.38.